The molecule has 4 rings (SSSR count). The van der Waals surface area contributed by atoms with Crippen LogP contribution >= 0.6 is 0 Å². The number of aryl methyl sites for hydroxylation is 1. The van der Waals surface area contributed by atoms with Gasteiger partial charge >= 0.3 is 0 Å². The van der Waals surface area contributed by atoms with E-state index in [0.717, 1.165) is 24.0 Å². The van der Waals surface area contributed by atoms with E-state index in [0.29, 0.717) is 42.6 Å². The van der Waals surface area contributed by atoms with Crippen molar-refractivity contribution in [3.8, 4) is 17.2 Å². The number of rotatable bonds is 6. The number of ether oxygens (including phenoxy) is 2. The van der Waals surface area contributed by atoms with Gasteiger partial charge in [-0.1, -0.05) is 50.3 Å². The van der Waals surface area contributed by atoms with E-state index in [1.54, 1.807) is 13.2 Å². The summed E-state index contributed by atoms with van der Waals surface area (Å²) in [5.41, 5.74) is 1.82. The van der Waals surface area contributed by atoms with E-state index in [9.17, 15) is 9.90 Å². The summed E-state index contributed by atoms with van der Waals surface area (Å²) in [6, 6.07) is 11.5. The lowest BCUT2D eigenvalue weighted by Crippen LogP contribution is -2.35. The molecule has 0 bridgehead atoms. The number of carbonyl (C=O) groups is 1. The van der Waals surface area contributed by atoms with E-state index in [1.807, 2.05) is 30.3 Å². The van der Waals surface area contributed by atoms with Crippen LogP contribution < -0.4 is 9.47 Å². The molecule has 1 heterocycles. The second-order valence-corrected chi connectivity index (χ2v) is 8.84. The first-order valence-electron chi connectivity index (χ1n) is 10.8. The number of Topliss-reactive ketones (excluding diaryl/α,β-unsaturated/α-hetero) is 1. The maximum Gasteiger partial charge on any atom is 0.170 e. The van der Waals surface area contributed by atoms with Crippen molar-refractivity contribution in [3.63, 3.8) is 0 Å². The molecule has 4 nitrogen and oxygen atoms in total. The SMILES string of the molecule is COc1cc(O)c(C(=O)CCc2ccccc2)c2c1C[C@@]1(C=C[C@@H](C(C)C)CC1)O2. The lowest BCUT2D eigenvalue weighted by Gasteiger charge is -2.33. The number of ketones is 1. The highest BCUT2D eigenvalue weighted by Crippen LogP contribution is 2.50. The number of carbonyl (C=O) groups excluding carboxylic acids is 1. The van der Waals surface area contributed by atoms with Crippen LogP contribution in [0.2, 0.25) is 0 Å². The third-order valence-electron chi connectivity index (χ3n) is 6.49. The van der Waals surface area contributed by atoms with Crippen LogP contribution in [0.25, 0.3) is 0 Å². The summed E-state index contributed by atoms with van der Waals surface area (Å²) in [4.78, 5) is 13.1. The summed E-state index contributed by atoms with van der Waals surface area (Å²) in [6.07, 6.45) is 7.96. The fourth-order valence-electron chi connectivity index (χ4n) is 4.64. The molecule has 0 saturated carbocycles. The summed E-state index contributed by atoms with van der Waals surface area (Å²) < 4.78 is 12.0. The van der Waals surface area contributed by atoms with Gasteiger partial charge in [0.25, 0.3) is 0 Å². The number of aromatic hydroxyl groups is 1. The Balaban J connectivity index is 1.63. The molecule has 4 heteroatoms. The molecule has 0 aromatic heterocycles. The Bertz CT molecular complexity index is 961. The molecule has 2 aliphatic rings. The van der Waals surface area contributed by atoms with Crippen molar-refractivity contribution in [2.24, 2.45) is 11.8 Å². The number of phenols is 1. The fraction of sp³-hybridized carbons (Fsp3) is 0.423. The highest BCUT2D eigenvalue weighted by molar-refractivity contribution is 6.02. The summed E-state index contributed by atoms with van der Waals surface area (Å²) >= 11 is 0. The van der Waals surface area contributed by atoms with E-state index in [-0.39, 0.29) is 17.1 Å². The maximum atomic E-state index is 13.1. The van der Waals surface area contributed by atoms with E-state index >= 15 is 0 Å². The van der Waals surface area contributed by atoms with Gasteiger partial charge in [-0.2, -0.15) is 0 Å². The van der Waals surface area contributed by atoms with Gasteiger partial charge in [-0.05, 0) is 42.7 Å². The number of methoxy groups -OCH3 is 1. The van der Waals surface area contributed by atoms with Gasteiger partial charge in [-0.3, -0.25) is 4.79 Å². The molecule has 30 heavy (non-hydrogen) atoms. The van der Waals surface area contributed by atoms with Gasteiger partial charge in [0, 0.05) is 24.5 Å². The molecule has 158 valence electrons. The number of phenolic OH excluding ortho intramolecular Hbond substituents is 1. The van der Waals surface area contributed by atoms with Gasteiger partial charge in [0.1, 0.15) is 28.4 Å². The minimum absolute atomic E-state index is 0.0689. The predicted octanol–water partition coefficient (Wildman–Crippen LogP) is 5.51. The summed E-state index contributed by atoms with van der Waals surface area (Å²) in [5, 5.41) is 10.7. The number of hydrogen-bond donors (Lipinski definition) is 1. The third-order valence-corrected chi connectivity index (χ3v) is 6.49. The average molecular weight is 407 g/mol. The first-order valence-corrected chi connectivity index (χ1v) is 10.8. The van der Waals surface area contributed by atoms with Gasteiger partial charge in [-0.15, -0.1) is 0 Å². The molecule has 2 aromatic rings. The normalized spacial score (nSPS) is 22.2. The number of hydrogen-bond acceptors (Lipinski definition) is 4. The molecule has 0 saturated heterocycles. The Morgan fingerprint density at radius 2 is 2.07 bits per heavy atom. The first kappa shape index (κ1) is 20.5. The molecule has 1 spiro atoms. The Morgan fingerprint density at radius 3 is 2.70 bits per heavy atom. The molecule has 2 atom stereocenters. The number of fused-ring (bicyclic) bond motifs is 1. The molecule has 0 radical (unpaired) electrons. The van der Waals surface area contributed by atoms with Crippen molar-refractivity contribution in [3.05, 3.63) is 65.2 Å². The van der Waals surface area contributed by atoms with Crippen LogP contribution in [0.3, 0.4) is 0 Å². The molecule has 1 N–H and O–H groups in total. The Labute approximate surface area is 178 Å². The molecule has 0 fully saturated rings. The van der Waals surface area contributed by atoms with Crippen molar-refractivity contribution in [2.75, 3.05) is 7.11 Å². The van der Waals surface area contributed by atoms with Gasteiger partial charge in [0.15, 0.2) is 5.78 Å². The summed E-state index contributed by atoms with van der Waals surface area (Å²) in [5.74, 6) is 2.05. The van der Waals surface area contributed by atoms with Gasteiger partial charge in [-0.25, -0.2) is 0 Å². The fourth-order valence-corrected chi connectivity index (χ4v) is 4.64. The molecule has 0 unspecified atom stereocenters. The zero-order valence-corrected chi connectivity index (χ0v) is 18.0. The largest absolute Gasteiger partial charge is 0.507 e. The van der Waals surface area contributed by atoms with Crippen LogP contribution in [0.5, 0.6) is 17.2 Å². The highest BCUT2D eigenvalue weighted by atomic mass is 16.5. The van der Waals surface area contributed by atoms with Crippen LogP contribution in [-0.4, -0.2) is 23.6 Å². The first-order chi connectivity index (χ1) is 14.4. The van der Waals surface area contributed by atoms with E-state index in [2.05, 4.69) is 26.0 Å². The third kappa shape index (κ3) is 3.83. The molecule has 1 aliphatic heterocycles. The summed E-state index contributed by atoms with van der Waals surface area (Å²) in [7, 11) is 1.59. The van der Waals surface area contributed by atoms with Crippen molar-refractivity contribution < 1.29 is 19.4 Å². The number of benzene rings is 2. The zero-order chi connectivity index (χ0) is 21.3. The standard InChI is InChI=1S/C26H30O4/c1-17(2)19-11-13-26(14-12-19)16-20-23(29-3)15-22(28)24(25(20)30-26)21(27)10-9-18-7-5-4-6-8-18/h4-8,11,13,15,17,19,28H,9-10,12,14,16H2,1-3H3/t19-,26+/m1/s1. The van der Waals surface area contributed by atoms with Crippen LogP contribution in [0.15, 0.2) is 48.6 Å². The van der Waals surface area contributed by atoms with Gasteiger partial charge in [0.05, 0.1) is 7.11 Å². The maximum absolute atomic E-state index is 13.1. The molecule has 0 amide bonds. The Hall–Kier alpha value is -2.75. The molecule has 1 aliphatic carbocycles. The average Bonchev–Trinajstić information content (AvgIpc) is 3.10. The van der Waals surface area contributed by atoms with Crippen LogP contribution in [0, 0.1) is 11.8 Å². The van der Waals surface area contributed by atoms with Gasteiger partial charge in [0.2, 0.25) is 0 Å². The van der Waals surface area contributed by atoms with Gasteiger partial charge < -0.3 is 14.6 Å². The number of allylic oxidation sites excluding steroid dienone is 1. The van der Waals surface area contributed by atoms with Crippen LogP contribution in [0.4, 0.5) is 0 Å². The minimum atomic E-state index is -0.455. The van der Waals surface area contributed by atoms with Crippen molar-refractivity contribution in [2.45, 2.75) is 51.6 Å². The van der Waals surface area contributed by atoms with E-state index in [1.165, 1.54) is 0 Å². The monoisotopic (exact) mass is 406 g/mol. The smallest absolute Gasteiger partial charge is 0.170 e. The molecule has 2 aromatic carbocycles. The predicted molar refractivity (Wildman–Crippen MR) is 118 cm³/mol. The van der Waals surface area contributed by atoms with Crippen molar-refractivity contribution >= 4 is 5.78 Å². The van der Waals surface area contributed by atoms with Crippen molar-refractivity contribution in [1.82, 2.24) is 0 Å². The lowest BCUT2D eigenvalue weighted by molar-refractivity contribution is 0.0954. The van der Waals surface area contributed by atoms with Crippen LogP contribution in [-0.2, 0) is 12.8 Å². The Kier molecular flexibility index (Phi) is 5.59. The topological polar surface area (TPSA) is 55.8 Å². The van der Waals surface area contributed by atoms with Crippen molar-refractivity contribution in [1.29, 1.82) is 0 Å². The van der Waals surface area contributed by atoms with E-state index in [4.69, 9.17) is 9.47 Å². The van der Waals surface area contributed by atoms with E-state index < -0.39 is 5.60 Å². The van der Waals surface area contributed by atoms with Crippen LogP contribution in [0.1, 0.15) is 54.6 Å². The lowest BCUT2D eigenvalue weighted by atomic mass is 9.78. The molecular formula is C26H30O4. The second kappa shape index (κ2) is 8.17. The zero-order valence-electron chi connectivity index (χ0n) is 18.0. The highest BCUT2D eigenvalue weighted by Gasteiger charge is 2.43. The molecular weight excluding hydrogens is 376 g/mol. The Morgan fingerprint density at radius 1 is 1.30 bits per heavy atom. The second-order valence-electron chi connectivity index (χ2n) is 8.84. The summed E-state index contributed by atoms with van der Waals surface area (Å²) in [6.45, 7) is 4.48. The quantitative estimate of drug-likeness (QED) is 0.507. The minimum Gasteiger partial charge on any atom is -0.507 e.